The molecule has 3 nitrogen and oxygen atoms in total. The first kappa shape index (κ1) is 11.7. The molecule has 1 aliphatic heterocycles. The number of rotatable bonds is 3. The predicted octanol–water partition coefficient (Wildman–Crippen LogP) is 3.45. The Morgan fingerprint density at radius 3 is 2.61 bits per heavy atom. The standard InChI is InChI=1S/C15H21NO2/c1-11(15(2)6-7-15)16-12-4-5-13-14(10-12)18-9-3-8-17-13/h4-5,10-11,16H,3,6-9H2,1-2H3. The Balaban J connectivity index is 1.75. The molecule has 98 valence electrons. The molecule has 1 saturated carbocycles. The van der Waals surface area contributed by atoms with E-state index in [1.54, 1.807) is 0 Å². The average Bonchev–Trinajstić information content (AvgIpc) is 3.13. The molecule has 1 unspecified atom stereocenters. The van der Waals surface area contributed by atoms with Crippen molar-refractivity contribution < 1.29 is 9.47 Å². The summed E-state index contributed by atoms with van der Waals surface area (Å²) in [5, 5.41) is 3.58. The Hall–Kier alpha value is -1.38. The van der Waals surface area contributed by atoms with Gasteiger partial charge in [0, 0.05) is 24.2 Å². The van der Waals surface area contributed by atoms with Gasteiger partial charge in [-0.05, 0) is 37.3 Å². The van der Waals surface area contributed by atoms with E-state index < -0.39 is 0 Å². The summed E-state index contributed by atoms with van der Waals surface area (Å²) in [4.78, 5) is 0. The molecule has 1 aromatic rings. The molecule has 1 N–H and O–H groups in total. The van der Waals surface area contributed by atoms with Crippen LogP contribution < -0.4 is 14.8 Å². The second-order valence-corrected chi connectivity index (χ2v) is 5.73. The number of nitrogens with one attached hydrogen (secondary N) is 1. The van der Waals surface area contributed by atoms with Gasteiger partial charge in [-0.1, -0.05) is 6.92 Å². The maximum Gasteiger partial charge on any atom is 0.163 e. The van der Waals surface area contributed by atoms with E-state index in [2.05, 4.69) is 31.3 Å². The van der Waals surface area contributed by atoms with Crippen LogP contribution >= 0.6 is 0 Å². The van der Waals surface area contributed by atoms with E-state index in [0.29, 0.717) is 11.5 Å². The molecule has 0 radical (unpaired) electrons. The van der Waals surface area contributed by atoms with E-state index in [-0.39, 0.29) is 0 Å². The van der Waals surface area contributed by atoms with Crippen LogP contribution in [0.15, 0.2) is 18.2 Å². The van der Waals surface area contributed by atoms with Crippen molar-refractivity contribution in [1.82, 2.24) is 0 Å². The fourth-order valence-corrected chi connectivity index (χ4v) is 2.31. The van der Waals surface area contributed by atoms with E-state index in [0.717, 1.165) is 36.8 Å². The number of anilines is 1. The lowest BCUT2D eigenvalue weighted by molar-refractivity contribution is 0.297. The minimum absolute atomic E-state index is 0.476. The second kappa shape index (κ2) is 4.38. The van der Waals surface area contributed by atoms with E-state index in [9.17, 15) is 0 Å². The summed E-state index contributed by atoms with van der Waals surface area (Å²) in [6.07, 6.45) is 3.60. The summed E-state index contributed by atoms with van der Waals surface area (Å²) in [5.41, 5.74) is 1.60. The van der Waals surface area contributed by atoms with Crippen LogP contribution in [0.25, 0.3) is 0 Å². The Morgan fingerprint density at radius 1 is 1.17 bits per heavy atom. The third-order valence-electron chi connectivity index (χ3n) is 4.21. The molecule has 1 aliphatic carbocycles. The fraction of sp³-hybridized carbons (Fsp3) is 0.600. The molecule has 1 aromatic carbocycles. The van der Waals surface area contributed by atoms with E-state index in [4.69, 9.17) is 9.47 Å². The number of ether oxygens (including phenoxy) is 2. The van der Waals surface area contributed by atoms with Gasteiger partial charge in [-0.3, -0.25) is 0 Å². The molecular weight excluding hydrogens is 226 g/mol. The quantitative estimate of drug-likeness (QED) is 0.887. The molecule has 0 amide bonds. The van der Waals surface area contributed by atoms with Crippen LogP contribution in [0.3, 0.4) is 0 Å². The van der Waals surface area contributed by atoms with Crippen molar-refractivity contribution in [3.8, 4) is 11.5 Å². The Labute approximate surface area is 108 Å². The summed E-state index contributed by atoms with van der Waals surface area (Å²) in [5.74, 6) is 1.73. The van der Waals surface area contributed by atoms with E-state index in [1.165, 1.54) is 12.8 Å². The van der Waals surface area contributed by atoms with Crippen molar-refractivity contribution in [3.05, 3.63) is 18.2 Å². The van der Waals surface area contributed by atoms with E-state index in [1.807, 2.05) is 6.07 Å². The van der Waals surface area contributed by atoms with Crippen LogP contribution in [0.1, 0.15) is 33.1 Å². The zero-order chi connectivity index (χ0) is 12.6. The molecule has 3 heteroatoms. The molecule has 1 atom stereocenters. The van der Waals surface area contributed by atoms with Crippen molar-refractivity contribution in [2.75, 3.05) is 18.5 Å². The first-order chi connectivity index (χ1) is 8.67. The lowest BCUT2D eigenvalue weighted by Crippen LogP contribution is -2.24. The zero-order valence-corrected chi connectivity index (χ0v) is 11.2. The third kappa shape index (κ3) is 2.26. The van der Waals surface area contributed by atoms with Crippen molar-refractivity contribution in [2.24, 2.45) is 5.41 Å². The Bertz CT molecular complexity index is 440. The normalized spacial score (nSPS) is 21.9. The van der Waals surface area contributed by atoms with Gasteiger partial charge >= 0.3 is 0 Å². The van der Waals surface area contributed by atoms with Gasteiger partial charge in [0.2, 0.25) is 0 Å². The summed E-state index contributed by atoms with van der Waals surface area (Å²) in [6.45, 7) is 6.09. The Morgan fingerprint density at radius 2 is 1.89 bits per heavy atom. The van der Waals surface area contributed by atoms with Crippen LogP contribution in [0.5, 0.6) is 11.5 Å². The molecular formula is C15H21NO2. The van der Waals surface area contributed by atoms with Crippen LogP contribution in [0, 0.1) is 5.41 Å². The molecule has 0 bridgehead atoms. The fourth-order valence-electron chi connectivity index (χ4n) is 2.31. The summed E-state index contributed by atoms with van der Waals surface area (Å²) in [6, 6.07) is 6.64. The number of hydrogen-bond donors (Lipinski definition) is 1. The van der Waals surface area contributed by atoms with E-state index >= 15 is 0 Å². The molecule has 3 rings (SSSR count). The van der Waals surface area contributed by atoms with Gasteiger partial charge in [0.25, 0.3) is 0 Å². The highest BCUT2D eigenvalue weighted by atomic mass is 16.5. The van der Waals surface area contributed by atoms with Gasteiger partial charge in [-0.25, -0.2) is 0 Å². The predicted molar refractivity (Wildman–Crippen MR) is 72.5 cm³/mol. The molecule has 1 heterocycles. The maximum absolute atomic E-state index is 5.71. The lowest BCUT2D eigenvalue weighted by atomic mass is 10.0. The maximum atomic E-state index is 5.71. The van der Waals surface area contributed by atoms with Crippen molar-refractivity contribution >= 4 is 5.69 Å². The number of fused-ring (bicyclic) bond motifs is 1. The first-order valence-corrected chi connectivity index (χ1v) is 6.84. The molecule has 0 saturated heterocycles. The van der Waals surface area contributed by atoms with Crippen LogP contribution in [-0.4, -0.2) is 19.3 Å². The third-order valence-corrected chi connectivity index (χ3v) is 4.21. The monoisotopic (exact) mass is 247 g/mol. The zero-order valence-electron chi connectivity index (χ0n) is 11.2. The topological polar surface area (TPSA) is 30.5 Å². The molecule has 1 fully saturated rings. The SMILES string of the molecule is CC(Nc1ccc2c(c1)OCCCO2)C1(C)CC1. The smallest absolute Gasteiger partial charge is 0.163 e. The Kier molecular flexibility index (Phi) is 2.84. The van der Waals surface area contributed by atoms with Crippen LogP contribution in [-0.2, 0) is 0 Å². The summed E-state index contributed by atoms with van der Waals surface area (Å²) >= 11 is 0. The van der Waals surface area contributed by atoms with Gasteiger partial charge < -0.3 is 14.8 Å². The first-order valence-electron chi connectivity index (χ1n) is 6.84. The van der Waals surface area contributed by atoms with Crippen molar-refractivity contribution in [3.63, 3.8) is 0 Å². The average molecular weight is 247 g/mol. The number of hydrogen-bond acceptors (Lipinski definition) is 3. The summed E-state index contributed by atoms with van der Waals surface area (Å²) in [7, 11) is 0. The molecule has 0 spiro atoms. The minimum atomic E-state index is 0.476. The van der Waals surface area contributed by atoms with Crippen LogP contribution in [0.2, 0.25) is 0 Å². The molecule has 2 aliphatic rings. The van der Waals surface area contributed by atoms with Gasteiger partial charge in [0.15, 0.2) is 11.5 Å². The largest absolute Gasteiger partial charge is 0.490 e. The summed E-state index contributed by atoms with van der Waals surface area (Å²) < 4.78 is 11.3. The molecule has 18 heavy (non-hydrogen) atoms. The highest BCUT2D eigenvalue weighted by Crippen LogP contribution is 2.49. The second-order valence-electron chi connectivity index (χ2n) is 5.73. The highest BCUT2D eigenvalue weighted by molar-refractivity contribution is 5.55. The lowest BCUT2D eigenvalue weighted by Gasteiger charge is -2.22. The van der Waals surface area contributed by atoms with Gasteiger partial charge in [-0.2, -0.15) is 0 Å². The highest BCUT2D eigenvalue weighted by Gasteiger charge is 2.42. The number of benzene rings is 1. The van der Waals surface area contributed by atoms with Gasteiger partial charge in [0.05, 0.1) is 13.2 Å². The minimum Gasteiger partial charge on any atom is -0.490 e. The molecule has 0 aromatic heterocycles. The van der Waals surface area contributed by atoms with Crippen LogP contribution in [0.4, 0.5) is 5.69 Å². The van der Waals surface area contributed by atoms with Crippen molar-refractivity contribution in [2.45, 2.75) is 39.2 Å². The van der Waals surface area contributed by atoms with Gasteiger partial charge in [-0.15, -0.1) is 0 Å². The van der Waals surface area contributed by atoms with Gasteiger partial charge in [0.1, 0.15) is 0 Å². The van der Waals surface area contributed by atoms with Crippen molar-refractivity contribution in [1.29, 1.82) is 0 Å².